The molecule has 4 rings (SSSR count). The van der Waals surface area contributed by atoms with E-state index < -0.39 is 10.0 Å². The molecule has 0 aromatic heterocycles. The van der Waals surface area contributed by atoms with Crippen molar-refractivity contribution in [3.05, 3.63) is 54.1 Å². The van der Waals surface area contributed by atoms with Crippen LogP contribution >= 0.6 is 0 Å². The summed E-state index contributed by atoms with van der Waals surface area (Å²) in [5, 5.41) is 0. The number of carbonyl (C=O) groups excluding carboxylic acids is 1. The van der Waals surface area contributed by atoms with Crippen LogP contribution in [0.5, 0.6) is 11.5 Å². The lowest BCUT2D eigenvalue weighted by molar-refractivity contribution is 0.0521. The van der Waals surface area contributed by atoms with Gasteiger partial charge in [0, 0.05) is 25.7 Å². The second kappa shape index (κ2) is 9.28. The maximum absolute atomic E-state index is 13.1. The van der Waals surface area contributed by atoms with Gasteiger partial charge in [-0.05, 0) is 43.2 Å². The molecule has 2 aliphatic rings. The van der Waals surface area contributed by atoms with Crippen molar-refractivity contribution in [1.29, 1.82) is 0 Å². The van der Waals surface area contributed by atoms with Crippen LogP contribution in [0.1, 0.15) is 36.0 Å². The summed E-state index contributed by atoms with van der Waals surface area (Å²) in [6, 6.07) is 13.7. The molecule has 0 saturated carbocycles. The summed E-state index contributed by atoms with van der Waals surface area (Å²) in [6.45, 7) is 1.73. The first-order valence-corrected chi connectivity index (χ1v) is 12.1. The van der Waals surface area contributed by atoms with Crippen LogP contribution < -0.4 is 9.47 Å². The summed E-state index contributed by atoms with van der Waals surface area (Å²) < 4.78 is 39.4. The molecule has 0 aliphatic carbocycles. The average molecular weight is 445 g/mol. The van der Waals surface area contributed by atoms with E-state index >= 15 is 0 Å². The Morgan fingerprint density at radius 3 is 2.48 bits per heavy atom. The fraction of sp³-hybridized carbons (Fsp3) is 0.435. The van der Waals surface area contributed by atoms with Crippen molar-refractivity contribution in [2.24, 2.45) is 0 Å². The molecule has 8 heteroatoms. The predicted molar refractivity (Wildman–Crippen MR) is 117 cm³/mol. The van der Waals surface area contributed by atoms with Gasteiger partial charge in [0.05, 0.1) is 11.4 Å². The number of carbonyl (C=O) groups is 1. The Kier molecular flexibility index (Phi) is 6.48. The normalized spacial score (nSPS) is 19.5. The predicted octanol–water partition coefficient (Wildman–Crippen LogP) is 3.16. The van der Waals surface area contributed by atoms with Gasteiger partial charge in [-0.3, -0.25) is 4.79 Å². The standard InChI is InChI=1S/C23H28N2O5S/c1-24(16-19-17-29-21-11-4-5-12-22(21)30-19)23(26)18-9-8-10-20(15-18)31(27,28)25-13-6-2-3-7-14-25/h4-5,8-12,15,19H,2-3,6-7,13-14,16-17H2,1H3/t19-/m1/s1. The number of ether oxygens (including phenoxy) is 2. The highest BCUT2D eigenvalue weighted by molar-refractivity contribution is 7.89. The molecule has 2 aromatic rings. The third-order valence-electron chi connectivity index (χ3n) is 5.68. The molecule has 31 heavy (non-hydrogen) atoms. The molecule has 2 heterocycles. The zero-order valence-electron chi connectivity index (χ0n) is 17.7. The molecule has 2 aliphatic heterocycles. The third-order valence-corrected chi connectivity index (χ3v) is 7.57. The summed E-state index contributed by atoms with van der Waals surface area (Å²) in [5.74, 6) is 1.10. The molecule has 1 fully saturated rings. The Hall–Kier alpha value is -2.58. The molecule has 0 radical (unpaired) electrons. The van der Waals surface area contributed by atoms with E-state index in [0.29, 0.717) is 43.3 Å². The molecule has 166 valence electrons. The monoisotopic (exact) mass is 444 g/mol. The molecular weight excluding hydrogens is 416 g/mol. The summed E-state index contributed by atoms with van der Waals surface area (Å²) in [6.07, 6.45) is 3.53. The fourth-order valence-corrected chi connectivity index (χ4v) is 5.55. The maximum atomic E-state index is 13.1. The lowest BCUT2D eigenvalue weighted by Gasteiger charge is -2.29. The Labute approximate surface area is 183 Å². The third kappa shape index (κ3) is 4.85. The van der Waals surface area contributed by atoms with E-state index in [1.54, 1.807) is 30.1 Å². The number of benzene rings is 2. The summed E-state index contributed by atoms with van der Waals surface area (Å²) in [5.41, 5.74) is 0.343. The molecule has 0 spiro atoms. The molecule has 0 unspecified atom stereocenters. The van der Waals surface area contributed by atoms with Crippen molar-refractivity contribution in [2.75, 3.05) is 33.3 Å². The number of para-hydroxylation sites is 2. The number of hydrogen-bond donors (Lipinski definition) is 0. The van der Waals surface area contributed by atoms with Crippen LogP contribution in [-0.2, 0) is 10.0 Å². The van der Waals surface area contributed by atoms with Crippen LogP contribution in [0.2, 0.25) is 0 Å². The fourth-order valence-electron chi connectivity index (χ4n) is 3.98. The van der Waals surface area contributed by atoms with Crippen molar-refractivity contribution in [3.63, 3.8) is 0 Å². The highest BCUT2D eigenvalue weighted by Gasteiger charge is 2.27. The van der Waals surface area contributed by atoms with Gasteiger partial charge in [-0.1, -0.05) is 31.0 Å². The van der Waals surface area contributed by atoms with Gasteiger partial charge in [-0.15, -0.1) is 0 Å². The molecule has 0 bridgehead atoms. The first kappa shape index (κ1) is 21.6. The molecule has 1 saturated heterocycles. The highest BCUT2D eigenvalue weighted by atomic mass is 32.2. The van der Waals surface area contributed by atoms with E-state index in [4.69, 9.17) is 9.47 Å². The minimum Gasteiger partial charge on any atom is -0.486 e. The maximum Gasteiger partial charge on any atom is 0.253 e. The first-order chi connectivity index (χ1) is 14.9. The van der Waals surface area contributed by atoms with E-state index in [0.717, 1.165) is 25.7 Å². The molecule has 0 N–H and O–H groups in total. The van der Waals surface area contributed by atoms with Crippen molar-refractivity contribution in [3.8, 4) is 11.5 Å². The van der Waals surface area contributed by atoms with E-state index in [-0.39, 0.29) is 16.9 Å². The van der Waals surface area contributed by atoms with Gasteiger partial charge in [0.25, 0.3) is 5.91 Å². The number of amides is 1. The first-order valence-electron chi connectivity index (χ1n) is 10.7. The molecule has 1 amide bonds. The van der Waals surface area contributed by atoms with Gasteiger partial charge in [0.2, 0.25) is 10.0 Å². The number of nitrogens with zero attached hydrogens (tertiary/aromatic N) is 2. The number of hydrogen-bond acceptors (Lipinski definition) is 5. The van der Waals surface area contributed by atoms with Crippen LogP contribution in [0.25, 0.3) is 0 Å². The lowest BCUT2D eigenvalue weighted by Crippen LogP contribution is -2.41. The Balaban J connectivity index is 1.45. The largest absolute Gasteiger partial charge is 0.486 e. The van der Waals surface area contributed by atoms with E-state index in [1.165, 1.54) is 10.4 Å². The second-order valence-corrected chi connectivity index (χ2v) is 9.97. The minimum absolute atomic E-state index is 0.167. The topological polar surface area (TPSA) is 76.1 Å². The van der Waals surface area contributed by atoms with Crippen LogP contribution in [0.4, 0.5) is 0 Å². The summed E-state index contributed by atoms with van der Waals surface area (Å²) in [7, 11) is -1.93. The number of likely N-dealkylation sites (N-methyl/N-ethyl adjacent to an activating group) is 1. The number of sulfonamides is 1. The van der Waals surface area contributed by atoms with E-state index in [9.17, 15) is 13.2 Å². The average Bonchev–Trinajstić information content (AvgIpc) is 3.09. The highest BCUT2D eigenvalue weighted by Crippen LogP contribution is 2.31. The van der Waals surface area contributed by atoms with Crippen LogP contribution in [-0.4, -0.2) is 62.9 Å². The van der Waals surface area contributed by atoms with Crippen molar-refractivity contribution < 1.29 is 22.7 Å². The molecular formula is C23H28N2O5S. The zero-order valence-corrected chi connectivity index (χ0v) is 18.5. The lowest BCUT2D eigenvalue weighted by atomic mass is 10.2. The smallest absolute Gasteiger partial charge is 0.253 e. The van der Waals surface area contributed by atoms with Crippen LogP contribution in [0.3, 0.4) is 0 Å². The quantitative estimate of drug-likeness (QED) is 0.708. The van der Waals surface area contributed by atoms with Gasteiger partial charge < -0.3 is 14.4 Å². The van der Waals surface area contributed by atoms with Gasteiger partial charge >= 0.3 is 0 Å². The van der Waals surface area contributed by atoms with Crippen LogP contribution in [0, 0.1) is 0 Å². The van der Waals surface area contributed by atoms with E-state index in [1.807, 2.05) is 24.3 Å². The Bertz CT molecular complexity index is 1030. The minimum atomic E-state index is -3.61. The SMILES string of the molecule is CN(C[C@@H]1COc2ccccc2O1)C(=O)c1cccc(S(=O)(=O)N2CCCCCC2)c1. The number of rotatable bonds is 5. The van der Waals surface area contributed by atoms with Crippen molar-refractivity contribution in [2.45, 2.75) is 36.7 Å². The van der Waals surface area contributed by atoms with Crippen molar-refractivity contribution in [1.82, 2.24) is 9.21 Å². The Morgan fingerprint density at radius 2 is 1.74 bits per heavy atom. The summed E-state index contributed by atoms with van der Waals surface area (Å²) in [4.78, 5) is 14.7. The molecule has 2 aromatic carbocycles. The molecule has 1 atom stereocenters. The van der Waals surface area contributed by atoms with Gasteiger partial charge in [-0.2, -0.15) is 4.31 Å². The zero-order chi connectivity index (χ0) is 21.8. The van der Waals surface area contributed by atoms with Crippen LogP contribution in [0.15, 0.2) is 53.4 Å². The van der Waals surface area contributed by atoms with E-state index in [2.05, 4.69) is 0 Å². The van der Waals surface area contributed by atoms with Gasteiger partial charge in [0.15, 0.2) is 17.6 Å². The molecule has 7 nitrogen and oxygen atoms in total. The Morgan fingerprint density at radius 1 is 1.03 bits per heavy atom. The number of fused-ring (bicyclic) bond motifs is 1. The van der Waals surface area contributed by atoms with Crippen molar-refractivity contribution >= 4 is 15.9 Å². The van der Waals surface area contributed by atoms with Gasteiger partial charge in [-0.25, -0.2) is 8.42 Å². The van der Waals surface area contributed by atoms with Gasteiger partial charge in [0.1, 0.15) is 6.61 Å². The second-order valence-electron chi connectivity index (χ2n) is 8.03. The summed E-state index contributed by atoms with van der Waals surface area (Å²) >= 11 is 0.